The average Bonchev–Trinajstić information content (AvgIpc) is 2.93. The highest BCUT2D eigenvalue weighted by molar-refractivity contribution is 9.10. The summed E-state index contributed by atoms with van der Waals surface area (Å²) in [7, 11) is 1.36. The zero-order valence-corrected chi connectivity index (χ0v) is 11.9. The minimum absolute atomic E-state index is 0.345. The number of benzene rings is 1. The summed E-state index contributed by atoms with van der Waals surface area (Å²) in [6.45, 7) is 1.29. The van der Waals surface area contributed by atoms with Crippen molar-refractivity contribution in [3.8, 4) is 0 Å². The number of carbonyl (C=O) groups is 1. The Bertz CT molecular complexity index is 555. The first-order valence-electron chi connectivity index (χ1n) is 5.67. The van der Waals surface area contributed by atoms with Crippen LogP contribution >= 0.6 is 15.9 Å². The van der Waals surface area contributed by atoms with E-state index in [1.165, 1.54) is 13.4 Å². The van der Waals surface area contributed by atoms with Gasteiger partial charge in [0.1, 0.15) is 6.26 Å². The van der Waals surface area contributed by atoms with E-state index in [4.69, 9.17) is 4.52 Å². The van der Waals surface area contributed by atoms with Gasteiger partial charge in [0.2, 0.25) is 0 Å². The molecule has 0 aliphatic carbocycles. The monoisotopic (exact) mass is 324 g/mol. The standard InChI is InChI=1S/C13H13BrN2O3/c1-18-13(17)9-2-3-10(12(14)6-9)7-15-8-11-4-5-19-16-11/h2-6,15H,7-8H2,1H3. The van der Waals surface area contributed by atoms with Gasteiger partial charge in [-0.25, -0.2) is 4.79 Å². The van der Waals surface area contributed by atoms with E-state index in [1.54, 1.807) is 12.1 Å². The first-order chi connectivity index (χ1) is 9.20. The lowest BCUT2D eigenvalue weighted by Crippen LogP contribution is -2.13. The van der Waals surface area contributed by atoms with Gasteiger partial charge in [0.15, 0.2) is 0 Å². The first-order valence-corrected chi connectivity index (χ1v) is 6.46. The molecular formula is C13H13BrN2O3. The van der Waals surface area contributed by atoms with Crippen LogP contribution < -0.4 is 5.32 Å². The Labute approximate surface area is 119 Å². The molecule has 0 bridgehead atoms. The summed E-state index contributed by atoms with van der Waals surface area (Å²) in [5, 5.41) is 7.05. The van der Waals surface area contributed by atoms with Crippen molar-refractivity contribution in [2.45, 2.75) is 13.1 Å². The van der Waals surface area contributed by atoms with Crippen LogP contribution in [0.25, 0.3) is 0 Å². The number of rotatable bonds is 5. The molecule has 0 spiro atoms. The van der Waals surface area contributed by atoms with E-state index >= 15 is 0 Å². The van der Waals surface area contributed by atoms with Crippen LogP contribution in [0.15, 0.2) is 39.5 Å². The van der Waals surface area contributed by atoms with Crippen LogP contribution in [-0.2, 0) is 17.8 Å². The van der Waals surface area contributed by atoms with E-state index in [9.17, 15) is 4.79 Å². The van der Waals surface area contributed by atoms with Crippen molar-refractivity contribution in [1.82, 2.24) is 10.5 Å². The number of ether oxygens (including phenoxy) is 1. The van der Waals surface area contributed by atoms with Gasteiger partial charge < -0.3 is 14.6 Å². The minimum atomic E-state index is -0.345. The van der Waals surface area contributed by atoms with Crippen molar-refractivity contribution in [2.75, 3.05) is 7.11 Å². The highest BCUT2D eigenvalue weighted by Gasteiger charge is 2.08. The first kappa shape index (κ1) is 13.8. The topological polar surface area (TPSA) is 64.4 Å². The lowest BCUT2D eigenvalue weighted by atomic mass is 10.1. The van der Waals surface area contributed by atoms with Gasteiger partial charge in [-0.1, -0.05) is 27.2 Å². The molecule has 6 heteroatoms. The summed E-state index contributed by atoms with van der Waals surface area (Å²) in [6.07, 6.45) is 1.54. The smallest absolute Gasteiger partial charge is 0.337 e. The van der Waals surface area contributed by atoms with Gasteiger partial charge >= 0.3 is 5.97 Å². The summed E-state index contributed by atoms with van der Waals surface area (Å²) in [5.74, 6) is -0.345. The maximum atomic E-state index is 11.4. The van der Waals surface area contributed by atoms with Crippen molar-refractivity contribution in [3.05, 3.63) is 51.8 Å². The summed E-state index contributed by atoms with van der Waals surface area (Å²) >= 11 is 3.44. The Balaban J connectivity index is 1.95. The SMILES string of the molecule is COC(=O)c1ccc(CNCc2ccon2)c(Br)c1. The summed E-state index contributed by atoms with van der Waals surface area (Å²) in [6, 6.07) is 7.18. The van der Waals surface area contributed by atoms with Gasteiger partial charge in [-0.05, 0) is 17.7 Å². The zero-order valence-electron chi connectivity index (χ0n) is 10.4. The molecule has 2 aromatic rings. The molecule has 19 heavy (non-hydrogen) atoms. The normalized spacial score (nSPS) is 10.4. The van der Waals surface area contributed by atoms with Gasteiger partial charge in [-0.2, -0.15) is 0 Å². The number of aromatic nitrogens is 1. The van der Waals surface area contributed by atoms with Crippen molar-refractivity contribution in [3.63, 3.8) is 0 Å². The summed E-state index contributed by atoms with van der Waals surface area (Å²) in [4.78, 5) is 11.4. The predicted octanol–water partition coefficient (Wildman–Crippen LogP) is 2.51. The molecule has 0 unspecified atom stereocenters. The average molecular weight is 325 g/mol. The second kappa shape index (κ2) is 6.49. The lowest BCUT2D eigenvalue weighted by Gasteiger charge is -2.07. The van der Waals surface area contributed by atoms with Crippen LogP contribution in [0.4, 0.5) is 0 Å². The van der Waals surface area contributed by atoms with Gasteiger partial charge in [0.25, 0.3) is 0 Å². The van der Waals surface area contributed by atoms with E-state index in [0.717, 1.165) is 15.7 Å². The number of nitrogens with one attached hydrogen (secondary N) is 1. The van der Waals surface area contributed by atoms with Crippen LogP contribution in [0.2, 0.25) is 0 Å². The number of esters is 1. The second-order valence-electron chi connectivity index (χ2n) is 3.89. The van der Waals surface area contributed by atoms with E-state index in [-0.39, 0.29) is 5.97 Å². The fraction of sp³-hybridized carbons (Fsp3) is 0.231. The number of methoxy groups -OCH3 is 1. The van der Waals surface area contributed by atoms with Gasteiger partial charge in [0.05, 0.1) is 18.4 Å². The molecule has 0 amide bonds. The van der Waals surface area contributed by atoms with Crippen molar-refractivity contribution in [2.24, 2.45) is 0 Å². The van der Waals surface area contributed by atoms with Crippen LogP contribution in [0.5, 0.6) is 0 Å². The molecule has 5 nitrogen and oxygen atoms in total. The van der Waals surface area contributed by atoms with E-state index in [1.807, 2.05) is 12.1 Å². The molecule has 100 valence electrons. The van der Waals surface area contributed by atoms with E-state index in [2.05, 4.69) is 31.1 Å². The predicted molar refractivity (Wildman–Crippen MR) is 72.5 cm³/mol. The number of hydrogen-bond acceptors (Lipinski definition) is 5. The third-order valence-corrected chi connectivity index (χ3v) is 3.33. The Morgan fingerprint density at radius 2 is 2.26 bits per heavy atom. The Kier molecular flexibility index (Phi) is 4.70. The molecule has 1 aromatic heterocycles. The lowest BCUT2D eigenvalue weighted by molar-refractivity contribution is 0.0600. The van der Waals surface area contributed by atoms with Crippen molar-refractivity contribution >= 4 is 21.9 Å². The number of hydrogen-bond donors (Lipinski definition) is 1. The van der Waals surface area contributed by atoms with E-state index < -0.39 is 0 Å². The fourth-order valence-electron chi connectivity index (χ4n) is 1.59. The molecule has 0 saturated heterocycles. The van der Waals surface area contributed by atoms with Crippen molar-refractivity contribution in [1.29, 1.82) is 0 Å². The van der Waals surface area contributed by atoms with Crippen molar-refractivity contribution < 1.29 is 14.1 Å². The number of carbonyl (C=O) groups excluding carboxylic acids is 1. The maximum absolute atomic E-state index is 11.4. The van der Waals surface area contributed by atoms with Crippen LogP contribution in [-0.4, -0.2) is 18.2 Å². The molecule has 2 rings (SSSR count). The van der Waals surface area contributed by atoms with Crippen LogP contribution in [0, 0.1) is 0 Å². The van der Waals surface area contributed by atoms with E-state index in [0.29, 0.717) is 18.7 Å². The maximum Gasteiger partial charge on any atom is 0.337 e. The second-order valence-corrected chi connectivity index (χ2v) is 4.75. The Hall–Kier alpha value is -1.66. The largest absolute Gasteiger partial charge is 0.465 e. The Morgan fingerprint density at radius 1 is 1.42 bits per heavy atom. The zero-order chi connectivity index (χ0) is 13.7. The molecule has 1 N–H and O–H groups in total. The fourth-order valence-corrected chi connectivity index (χ4v) is 2.11. The van der Waals surface area contributed by atoms with Gasteiger partial charge in [-0.3, -0.25) is 0 Å². The minimum Gasteiger partial charge on any atom is -0.465 e. The highest BCUT2D eigenvalue weighted by Crippen LogP contribution is 2.19. The van der Waals surface area contributed by atoms with Crippen LogP contribution in [0.1, 0.15) is 21.6 Å². The molecular weight excluding hydrogens is 312 g/mol. The quantitative estimate of drug-likeness (QED) is 0.856. The Morgan fingerprint density at radius 3 is 2.89 bits per heavy atom. The van der Waals surface area contributed by atoms with Gasteiger partial charge in [0, 0.05) is 23.6 Å². The number of nitrogens with zero attached hydrogens (tertiary/aromatic N) is 1. The molecule has 0 aliphatic heterocycles. The third-order valence-electron chi connectivity index (χ3n) is 2.59. The molecule has 0 saturated carbocycles. The molecule has 1 aromatic carbocycles. The van der Waals surface area contributed by atoms with Crippen LogP contribution in [0.3, 0.4) is 0 Å². The van der Waals surface area contributed by atoms with Gasteiger partial charge in [-0.15, -0.1) is 0 Å². The third kappa shape index (κ3) is 3.65. The number of halogens is 1. The summed E-state index contributed by atoms with van der Waals surface area (Å²) < 4.78 is 10.3. The molecule has 1 heterocycles. The highest BCUT2D eigenvalue weighted by atomic mass is 79.9. The molecule has 0 aliphatic rings. The molecule has 0 radical (unpaired) electrons. The molecule has 0 atom stereocenters. The summed E-state index contributed by atoms with van der Waals surface area (Å²) in [5.41, 5.74) is 2.42. The molecule has 0 fully saturated rings.